The van der Waals surface area contributed by atoms with Gasteiger partial charge in [-0.05, 0) is 113 Å². The van der Waals surface area contributed by atoms with Gasteiger partial charge in [-0.25, -0.2) is 38.4 Å². The van der Waals surface area contributed by atoms with Gasteiger partial charge in [-0.1, -0.05) is 109 Å². The number of fused-ring (bicyclic) bond motifs is 8. The molecule has 0 fully saturated rings. The summed E-state index contributed by atoms with van der Waals surface area (Å²) < 4.78 is 43.7. The molecule has 0 atom stereocenters. The Labute approximate surface area is 563 Å². The number of carbonyl (C=O) groups excluding carboxylic acids is 10. The number of hydrogen-bond acceptors (Lipinski definition) is 22. The molecule has 524 valence electrons. The van der Waals surface area contributed by atoms with Gasteiger partial charge in [0, 0.05) is 48.5 Å². The molecule has 2 aliphatic heterocycles. The van der Waals surface area contributed by atoms with E-state index in [2.05, 4.69) is 10.6 Å². The highest BCUT2D eigenvalue weighted by Gasteiger charge is 2.24. The van der Waals surface area contributed by atoms with Gasteiger partial charge in [0.1, 0.15) is 0 Å². The summed E-state index contributed by atoms with van der Waals surface area (Å²) in [5, 5.41) is 28.7. The van der Waals surface area contributed by atoms with E-state index in [0.29, 0.717) is 122 Å². The van der Waals surface area contributed by atoms with Crippen LogP contribution in [0.3, 0.4) is 0 Å². The van der Waals surface area contributed by atoms with E-state index < -0.39 is 80.8 Å². The van der Waals surface area contributed by atoms with Crippen LogP contribution in [-0.2, 0) is 47.5 Å². The lowest BCUT2D eigenvalue weighted by molar-refractivity contribution is -0.385. The smallest absolute Gasteiger partial charge is 0.338 e. The molecule has 8 bridgehead atoms. The molecule has 97 heavy (non-hydrogen) atoms. The zero-order chi connectivity index (χ0) is 69.6. The number of benzene rings is 4. The normalized spacial score (nSPS) is 17.2. The topological polar surface area (TPSA) is 355 Å². The third-order valence-electron chi connectivity index (χ3n) is 15.9. The van der Waals surface area contributed by atoms with Gasteiger partial charge in [0.2, 0.25) is 11.8 Å². The maximum Gasteiger partial charge on any atom is 0.338 e. The van der Waals surface area contributed by atoms with E-state index in [1.807, 2.05) is 0 Å². The van der Waals surface area contributed by atoms with Gasteiger partial charge in [-0.15, -0.1) is 0 Å². The first-order valence-corrected chi connectivity index (χ1v) is 33.8. The average Bonchev–Trinajstić information content (AvgIpc) is 0.883. The lowest BCUT2D eigenvalue weighted by Crippen LogP contribution is -2.16. The van der Waals surface area contributed by atoms with Crippen molar-refractivity contribution in [1.29, 1.82) is 0 Å². The summed E-state index contributed by atoms with van der Waals surface area (Å²) in [5.74, 6) is -6.81. The number of nitro groups is 2. The van der Waals surface area contributed by atoms with Gasteiger partial charge in [-0.3, -0.25) is 29.8 Å². The van der Waals surface area contributed by atoms with Crippen LogP contribution in [0.25, 0.3) is 0 Å². The predicted octanol–water partition coefficient (Wildman–Crippen LogP) is 14.1. The second-order valence-corrected chi connectivity index (χ2v) is 23.9. The molecule has 26 nitrogen and oxygen atoms in total. The van der Waals surface area contributed by atoms with Crippen molar-refractivity contribution in [2.45, 2.75) is 186 Å². The molecule has 2 N–H and O–H groups in total. The Morgan fingerprint density at radius 2 is 0.454 bits per heavy atom. The first-order valence-electron chi connectivity index (χ1n) is 33.8. The summed E-state index contributed by atoms with van der Waals surface area (Å²) in [4.78, 5) is 153. The Hall–Kier alpha value is -9.62. The Morgan fingerprint density at radius 3 is 0.639 bits per heavy atom. The second-order valence-electron chi connectivity index (χ2n) is 23.9. The zero-order valence-electron chi connectivity index (χ0n) is 55.0. The van der Waals surface area contributed by atoms with Gasteiger partial charge in [-0.2, -0.15) is 0 Å². The lowest BCUT2D eigenvalue weighted by Gasteiger charge is -2.12. The fraction of sp³-hybridized carbons (Fsp3) is 0.521. The van der Waals surface area contributed by atoms with E-state index in [1.54, 1.807) is 0 Å². The number of nitro benzene ring substituents is 2. The highest BCUT2D eigenvalue weighted by Crippen LogP contribution is 2.25. The van der Waals surface area contributed by atoms with Gasteiger partial charge in [0.25, 0.3) is 11.4 Å². The maximum atomic E-state index is 13.4. The monoisotopic (exact) mass is 1350 g/mol. The van der Waals surface area contributed by atoms with Crippen molar-refractivity contribution in [3.8, 4) is 0 Å². The summed E-state index contributed by atoms with van der Waals surface area (Å²) in [7, 11) is 0. The number of carbonyl (C=O) groups is 10. The molecule has 0 radical (unpaired) electrons. The Morgan fingerprint density at radius 1 is 0.278 bits per heavy atom. The highest BCUT2D eigenvalue weighted by atomic mass is 16.6. The molecule has 2 aliphatic rings. The number of rotatable bonds is 10. The number of nitrogens with one attached hydrogen (secondary N) is 2. The van der Waals surface area contributed by atoms with Gasteiger partial charge in [0.15, 0.2) is 0 Å². The van der Waals surface area contributed by atoms with Gasteiger partial charge in [0.05, 0.1) is 107 Å². The number of ether oxygens (including phenoxy) is 8. The standard InChI is InChI=1S/C71H88N4O22/c76-62(72-58-42-50-38-51(43-58)65(79)91-31-21-10-2-6-14-25-35-95-69(83)55-40-54(46-60(47-55)74(86)87)68(82)94-34-24-13-5-1-9-20-30-90-64(50)78)28-18-17-19-29-63(77)73-59-44-52-39-53(45-59)67(81)93-33-23-12-4-8-16-27-37-97-71(85)57-41-56(48-61(49-57)75(88)89)70(84)96-36-26-15-7-3-11-22-32-92-66(52)80/h38-49H,1-37H2,(H,72,76)(H,73,77). The second kappa shape index (κ2) is 42.7. The predicted molar refractivity (Wildman–Crippen MR) is 352 cm³/mol. The van der Waals surface area contributed by atoms with Crippen LogP contribution in [0.5, 0.6) is 0 Å². The number of unbranched alkanes of at least 4 members (excludes halogenated alkanes) is 2. The summed E-state index contributed by atoms with van der Waals surface area (Å²) in [6, 6.07) is 15.1. The minimum Gasteiger partial charge on any atom is -0.462 e. The van der Waals surface area contributed by atoms with Crippen LogP contribution in [0.2, 0.25) is 0 Å². The molecule has 2 heterocycles. The Kier molecular flexibility index (Phi) is 33.7. The van der Waals surface area contributed by atoms with Crippen molar-refractivity contribution in [3.05, 3.63) is 138 Å². The van der Waals surface area contributed by atoms with Crippen LogP contribution >= 0.6 is 0 Å². The fourth-order valence-electron chi connectivity index (χ4n) is 10.6. The molecule has 4 aromatic carbocycles. The van der Waals surface area contributed by atoms with Crippen molar-refractivity contribution >= 4 is 82.3 Å². The molecule has 26 heteroatoms. The Bertz CT molecular complexity index is 2980. The summed E-state index contributed by atoms with van der Waals surface area (Å²) in [6.45, 7) is 0.582. The van der Waals surface area contributed by atoms with Crippen molar-refractivity contribution in [2.75, 3.05) is 63.5 Å². The quantitative estimate of drug-likeness (QED) is 0.0489. The zero-order valence-corrected chi connectivity index (χ0v) is 55.0. The van der Waals surface area contributed by atoms with Crippen LogP contribution in [0.15, 0.2) is 72.8 Å². The van der Waals surface area contributed by atoms with Crippen molar-refractivity contribution in [1.82, 2.24) is 0 Å². The molecule has 0 spiro atoms. The van der Waals surface area contributed by atoms with E-state index in [-0.39, 0.29) is 122 Å². The Balaban J connectivity index is 0.969. The molecule has 0 unspecified atom stereocenters. The number of cyclic esters (lactones) is 8. The molecular weight excluding hydrogens is 1260 g/mol. The van der Waals surface area contributed by atoms with Crippen molar-refractivity contribution in [2.24, 2.45) is 0 Å². The SMILES string of the molecule is O=C(CCCCCC(=O)Nc1cc2cc(c1)C(=O)OCCCCCCCCOC(=O)c1cc(cc([N+](=O)[O-])c1)C(=O)OCCCCCCCCOC2=O)Nc1cc2cc(c1)C(=O)OCCCCCCCCOC(=O)c1cc(cc([N+](=O)[O-])c1)C(=O)OCCCCCCCCOC2=O. The van der Waals surface area contributed by atoms with Crippen molar-refractivity contribution < 1.29 is 95.7 Å². The van der Waals surface area contributed by atoms with Crippen LogP contribution in [0, 0.1) is 20.2 Å². The molecule has 0 saturated carbocycles. The molecule has 2 amide bonds. The van der Waals surface area contributed by atoms with E-state index >= 15 is 0 Å². The summed E-state index contributed by atoms with van der Waals surface area (Å²) >= 11 is 0. The molecule has 0 aromatic heterocycles. The number of esters is 8. The molecule has 4 aromatic rings. The van der Waals surface area contributed by atoms with E-state index in [9.17, 15) is 68.2 Å². The minimum absolute atomic E-state index is 0.0306. The number of nitrogens with zero attached hydrogens (tertiary/aromatic N) is 2. The van der Waals surface area contributed by atoms with Gasteiger partial charge < -0.3 is 48.5 Å². The molecular formula is C71H88N4O22. The first kappa shape index (κ1) is 76.4. The lowest BCUT2D eigenvalue weighted by atomic mass is 10.1. The number of non-ortho nitro benzene ring substituents is 2. The number of anilines is 2. The fourth-order valence-corrected chi connectivity index (χ4v) is 10.6. The maximum absolute atomic E-state index is 13.4. The molecule has 0 saturated heterocycles. The molecule has 6 rings (SSSR count). The molecule has 0 aliphatic carbocycles. The largest absolute Gasteiger partial charge is 0.462 e. The summed E-state index contributed by atoms with van der Waals surface area (Å²) in [5.41, 5.74) is -0.923. The first-order chi connectivity index (χ1) is 46.9. The summed E-state index contributed by atoms with van der Waals surface area (Å²) in [6.07, 6.45) is 17.5. The van der Waals surface area contributed by atoms with Gasteiger partial charge >= 0.3 is 47.8 Å². The van der Waals surface area contributed by atoms with Crippen LogP contribution in [0.1, 0.15) is 269 Å². The van der Waals surface area contributed by atoms with Crippen LogP contribution in [0.4, 0.5) is 22.7 Å². The van der Waals surface area contributed by atoms with E-state index in [1.165, 1.54) is 48.5 Å². The highest BCUT2D eigenvalue weighted by molar-refractivity contribution is 6.02. The van der Waals surface area contributed by atoms with Crippen LogP contribution in [-0.4, -0.2) is 122 Å². The third-order valence-corrected chi connectivity index (χ3v) is 15.9. The third kappa shape index (κ3) is 28.7. The van der Waals surface area contributed by atoms with Crippen molar-refractivity contribution in [3.63, 3.8) is 0 Å². The van der Waals surface area contributed by atoms with Crippen LogP contribution < -0.4 is 10.6 Å². The number of hydrogen-bond donors (Lipinski definition) is 2. The minimum atomic E-state index is -0.795. The number of amides is 2. The average molecular weight is 1350 g/mol. The van der Waals surface area contributed by atoms with E-state index in [4.69, 9.17) is 37.9 Å². The van der Waals surface area contributed by atoms with E-state index in [0.717, 1.165) is 75.6 Å².